The van der Waals surface area contributed by atoms with E-state index in [2.05, 4.69) is 17.1 Å². The Hall–Kier alpha value is -2.72. The zero-order chi connectivity index (χ0) is 16.2. The van der Waals surface area contributed by atoms with Crippen molar-refractivity contribution in [3.8, 4) is 0 Å². The molecule has 0 saturated carbocycles. The van der Waals surface area contributed by atoms with Crippen molar-refractivity contribution in [3.05, 3.63) is 72.3 Å². The quantitative estimate of drug-likeness (QED) is 0.445. The fourth-order valence-electron chi connectivity index (χ4n) is 2.44. The van der Waals surface area contributed by atoms with Crippen LogP contribution in [-0.2, 0) is 0 Å². The molecule has 0 heterocycles. The molecule has 3 aromatic carbocycles. The lowest BCUT2D eigenvalue weighted by atomic mass is 10.1. The normalized spacial score (nSPS) is 11.4. The third-order valence-corrected chi connectivity index (χ3v) is 4.01. The minimum atomic E-state index is 0.433. The summed E-state index contributed by atoms with van der Waals surface area (Å²) in [5.74, 6) is 0.433. The van der Waals surface area contributed by atoms with Crippen LogP contribution >= 0.6 is 12.2 Å². The van der Waals surface area contributed by atoms with Gasteiger partial charge >= 0.3 is 0 Å². The Morgan fingerprint density at radius 2 is 1.78 bits per heavy atom. The largest absolute Gasteiger partial charge is 0.369 e. The first kappa shape index (κ1) is 15.2. The molecule has 0 aromatic heterocycles. The summed E-state index contributed by atoms with van der Waals surface area (Å²) in [7, 11) is 1.90. The third-order valence-electron chi connectivity index (χ3n) is 3.74. The number of rotatable bonds is 3. The van der Waals surface area contributed by atoms with Crippen LogP contribution in [0.5, 0.6) is 0 Å². The Morgan fingerprint density at radius 3 is 2.61 bits per heavy atom. The number of nitrogens with two attached hydrogens (primary N) is 1. The lowest BCUT2D eigenvalue weighted by molar-refractivity contribution is 1.22. The molecule has 3 rings (SSSR count). The molecule has 0 saturated heterocycles. The van der Waals surface area contributed by atoms with Gasteiger partial charge in [0.1, 0.15) is 0 Å². The van der Waals surface area contributed by atoms with Gasteiger partial charge in [-0.2, -0.15) is 0 Å². The molecular formula is C19H17N3S. The fourth-order valence-corrected chi connectivity index (χ4v) is 2.59. The number of nitrogens with zero attached hydrogens (tertiary/aromatic N) is 2. The van der Waals surface area contributed by atoms with Crippen molar-refractivity contribution in [1.82, 2.24) is 0 Å². The van der Waals surface area contributed by atoms with Crippen molar-refractivity contribution >= 4 is 45.7 Å². The van der Waals surface area contributed by atoms with Gasteiger partial charge in [0, 0.05) is 23.5 Å². The second-order valence-electron chi connectivity index (χ2n) is 5.24. The molecule has 3 nitrogen and oxygen atoms in total. The average Bonchev–Trinajstić information content (AvgIpc) is 2.61. The second kappa shape index (κ2) is 6.58. The monoisotopic (exact) mass is 319 g/mol. The molecule has 0 radical (unpaired) electrons. The van der Waals surface area contributed by atoms with E-state index in [1.165, 1.54) is 0 Å². The molecule has 0 aliphatic heterocycles. The van der Waals surface area contributed by atoms with E-state index in [1.54, 1.807) is 5.37 Å². The molecule has 3 aromatic rings. The van der Waals surface area contributed by atoms with E-state index in [0.717, 1.165) is 27.7 Å². The first-order valence-corrected chi connectivity index (χ1v) is 7.77. The number of hydrogen-bond acceptors (Lipinski definition) is 2. The first-order valence-electron chi connectivity index (χ1n) is 7.30. The Kier molecular flexibility index (Phi) is 4.35. The fraction of sp³-hybridized carbons (Fsp3) is 0.0526. The number of fused-ring (bicyclic) bond motifs is 1. The van der Waals surface area contributed by atoms with Gasteiger partial charge in [-0.25, -0.2) is 4.99 Å². The molecule has 0 unspecified atom stereocenters. The van der Waals surface area contributed by atoms with Crippen LogP contribution in [0.1, 0.15) is 5.56 Å². The Bertz CT molecular complexity index is 881. The van der Waals surface area contributed by atoms with Crippen molar-refractivity contribution < 1.29 is 0 Å². The third kappa shape index (κ3) is 3.22. The molecule has 114 valence electrons. The first-order chi connectivity index (χ1) is 11.2. The number of aliphatic imine (C=N–C) groups is 1. The molecular weight excluding hydrogens is 302 g/mol. The summed E-state index contributed by atoms with van der Waals surface area (Å²) in [5, 5.41) is 3.88. The van der Waals surface area contributed by atoms with Gasteiger partial charge in [-0.3, -0.25) is 0 Å². The van der Waals surface area contributed by atoms with Crippen molar-refractivity contribution in [2.75, 3.05) is 11.9 Å². The SMILES string of the molecule is CN(C(N)=Nc1cccc2ccccc12)c1cccc(C=S)c1. The van der Waals surface area contributed by atoms with E-state index < -0.39 is 0 Å². The van der Waals surface area contributed by atoms with E-state index >= 15 is 0 Å². The van der Waals surface area contributed by atoms with Crippen LogP contribution in [0.2, 0.25) is 0 Å². The molecule has 0 atom stereocenters. The Morgan fingerprint density at radius 1 is 1.04 bits per heavy atom. The standard InChI is InChI=1S/C19H17N3S/c1-22(16-9-4-6-14(12-16)13-23)19(20)21-18-11-5-8-15-7-2-3-10-17(15)18/h2-13H,1H3,(H2,20,21). The van der Waals surface area contributed by atoms with Crippen molar-refractivity contribution in [2.45, 2.75) is 0 Å². The predicted molar refractivity (Wildman–Crippen MR) is 103 cm³/mol. The van der Waals surface area contributed by atoms with Gasteiger partial charge in [0.15, 0.2) is 0 Å². The molecule has 0 fully saturated rings. The van der Waals surface area contributed by atoms with E-state index in [4.69, 9.17) is 18.0 Å². The second-order valence-corrected chi connectivity index (χ2v) is 5.48. The highest BCUT2D eigenvalue weighted by Gasteiger charge is 2.07. The molecule has 2 N–H and O–H groups in total. The highest BCUT2D eigenvalue weighted by molar-refractivity contribution is 7.79. The van der Waals surface area contributed by atoms with Gasteiger partial charge in [-0.05, 0) is 29.1 Å². The van der Waals surface area contributed by atoms with Crippen molar-refractivity contribution in [3.63, 3.8) is 0 Å². The summed E-state index contributed by atoms with van der Waals surface area (Å²) in [6.45, 7) is 0. The van der Waals surface area contributed by atoms with Crippen LogP contribution in [0.3, 0.4) is 0 Å². The number of anilines is 1. The van der Waals surface area contributed by atoms with Crippen LogP contribution in [0.4, 0.5) is 11.4 Å². The smallest absolute Gasteiger partial charge is 0.200 e. The lowest BCUT2D eigenvalue weighted by Crippen LogP contribution is -2.33. The highest BCUT2D eigenvalue weighted by Crippen LogP contribution is 2.26. The number of thiocarbonyl (C=S) groups is 1. The zero-order valence-corrected chi connectivity index (χ0v) is 13.6. The highest BCUT2D eigenvalue weighted by atomic mass is 32.1. The number of benzene rings is 3. The number of guanidine groups is 1. The summed E-state index contributed by atoms with van der Waals surface area (Å²) < 4.78 is 0. The van der Waals surface area contributed by atoms with E-state index in [0.29, 0.717) is 5.96 Å². The molecule has 23 heavy (non-hydrogen) atoms. The summed E-state index contributed by atoms with van der Waals surface area (Å²) in [6.07, 6.45) is 0. The average molecular weight is 319 g/mol. The minimum Gasteiger partial charge on any atom is -0.369 e. The van der Waals surface area contributed by atoms with Crippen LogP contribution in [-0.4, -0.2) is 18.4 Å². The van der Waals surface area contributed by atoms with Crippen molar-refractivity contribution in [2.24, 2.45) is 10.7 Å². The summed E-state index contributed by atoms with van der Waals surface area (Å²) >= 11 is 4.98. The van der Waals surface area contributed by atoms with E-state index in [-0.39, 0.29) is 0 Å². The molecule has 4 heteroatoms. The topological polar surface area (TPSA) is 41.6 Å². The van der Waals surface area contributed by atoms with E-state index in [9.17, 15) is 0 Å². The van der Waals surface area contributed by atoms with Gasteiger partial charge in [0.25, 0.3) is 0 Å². The maximum atomic E-state index is 6.20. The van der Waals surface area contributed by atoms with Crippen LogP contribution in [0.15, 0.2) is 71.7 Å². The molecule has 0 amide bonds. The molecule has 0 bridgehead atoms. The van der Waals surface area contributed by atoms with Gasteiger partial charge in [-0.15, -0.1) is 0 Å². The summed E-state index contributed by atoms with van der Waals surface area (Å²) in [5.41, 5.74) is 8.99. The van der Waals surface area contributed by atoms with Crippen molar-refractivity contribution in [1.29, 1.82) is 0 Å². The van der Waals surface area contributed by atoms with Gasteiger partial charge < -0.3 is 10.6 Å². The Labute approximate surface area is 141 Å². The van der Waals surface area contributed by atoms with Gasteiger partial charge in [0.2, 0.25) is 5.96 Å². The Balaban J connectivity index is 1.99. The van der Waals surface area contributed by atoms with Crippen LogP contribution in [0, 0.1) is 0 Å². The van der Waals surface area contributed by atoms with Crippen LogP contribution in [0.25, 0.3) is 10.8 Å². The predicted octanol–water partition coefficient (Wildman–Crippen LogP) is 4.27. The van der Waals surface area contributed by atoms with Gasteiger partial charge in [0.05, 0.1) is 5.69 Å². The minimum absolute atomic E-state index is 0.433. The van der Waals surface area contributed by atoms with Crippen LogP contribution < -0.4 is 10.6 Å². The lowest BCUT2D eigenvalue weighted by Gasteiger charge is -2.18. The van der Waals surface area contributed by atoms with E-state index in [1.807, 2.05) is 66.5 Å². The maximum Gasteiger partial charge on any atom is 0.200 e. The summed E-state index contributed by atoms with van der Waals surface area (Å²) in [4.78, 5) is 6.45. The molecule has 0 aliphatic rings. The van der Waals surface area contributed by atoms with Gasteiger partial charge in [-0.1, -0.05) is 60.7 Å². The maximum absolute atomic E-state index is 6.20. The molecule has 0 aliphatic carbocycles. The number of hydrogen-bond donors (Lipinski definition) is 1. The zero-order valence-electron chi connectivity index (χ0n) is 12.8. The molecule has 0 spiro atoms. The summed E-state index contributed by atoms with van der Waals surface area (Å²) in [6, 6.07) is 22.0.